The number of carboxylic acids is 1. The second-order valence-corrected chi connectivity index (χ2v) is 5.04. The Morgan fingerprint density at radius 2 is 2.05 bits per heavy atom. The molecule has 6 nitrogen and oxygen atoms in total. The van der Waals surface area contributed by atoms with Gasteiger partial charge in [0.15, 0.2) is 0 Å². The van der Waals surface area contributed by atoms with Crippen LogP contribution in [-0.4, -0.2) is 48.8 Å². The van der Waals surface area contributed by atoms with Crippen molar-refractivity contribution in [2.45, 2.75) is 6.42 Å². The minimum absolute atomic E-state index is 0.0936. The first-order valence-corrected chi connectivity index (χ1v) is 6.94. The Hall–Kier alpha value is -1.66. The van der Waals surface area contributed by atoms with Crippen LogP contribution in [0.2, 0.25) is 10.0 Å². The zero-order chi connectivity index (χ0) is 15.8. The fourth-order valence-corrected chi connectivity index (χ4v) is 1.68. The van der Waals surface area contributed by atoms with E-state index in [2.05, 4.69) is 5.32 Å². The van der Waals surface area contributed by atoms with Crippen molar-refractivity contribution in [3.05, 3.63) is 28.2 Å². The van der Waals surface area contributed by atoms with Crippen LogP contribution >= 0.6 is 23.2 Å². The van der Waals surface area contributed by atoms with Gasteiger partial charge in [0.1, 0.15) is 12.4 Å². The molecule has 0 spiro atoms. The zero-order valence-corrected chi connectivity index (χ0v) is 12.9. The van der Waals surface area contributed by atoms with Crippen molar-refractivity contribution in [1.29, 1.82) is 0 Å². The number of urea groups is 1. The number of rotatable bonds is 7. The van der Waals surface area contributed by atoms with Gasteiger partial charge in [0, 0.05) is 19.7 Å². The molecule has 2 amide bonds. The minimum atomic E-state index is -0.947. The van der Waals surface area contributed by atoms with Gasteiger partial charge >= 0.3 is 12.0 Å². The van der Waals surface area contributed by atoms with Crippen LogP contribution in [0.25, 0.3) is 0 Å². The van der Waals surface area contributed by atoms with Crippen LogP contribution < -0.4 is 10.1 Å². The van der Waals surface area contributed by atoms with Crippen LogP contribution in [0.3, 0.4) is 0 Å². The summed E-state index contributed by atoms with van der Waals surface area (Å²) in [6.45, 7) is 0.696. The summed E-state index contributed by atoms with van der Waals surface area (Å²) < 4.78 is 5.40. The monoisotopic (exact) mass is 334 g/mol. The lowest BCUT2D eigenvalue weighted by Gasteiger charge is -2.17. The van der Waals surface area contributed by atoms with Gasteiger partial charge in [-0.15, -0.1) is 0 Å². The summed E-state index contributed by atoms with van der Waals surface area (Å²) in [6, 6.07) is 4.53. The number of nitrogens with one attached hydrogen (secondary N) is 1. The SMILES string of the molecule is CN(CCC(=O)O)C(=O)NCCOc1ccc(Cl)c(Cl)c1. The Morgan fingerprint density at radius 3 is 2.67 bits per heavy atom. The van der Waals surface area contributed by atoms with Gasteiger partial charge in [-0.1, -0.05) is 23.2 Å². The van der Waals surface area contributed by atoms with E-state index in [1.165, 1.54) is 11.9 Å². The number of amides is 2. The van der Waals surface area contributed by atoms with E-state index in [1.54, 1.807) is 18.2 Å². The van der Waals surface area contributed by atoms with Crippen LogP contribution in [0.4, 0.5) is 4.79 Å². The Balaban J connectivity index is 2.25. The van der Waals surface area contributed by atoms with Crippen LogP contribution in [0.1, 0.15) is 6.42 Å². The molecule has 0 fully saturated rings. The van der Waals surface area contributed by atoms with Crippen LogP contribution in [0, 0.1) is 0 Å². The normalized spacial score (nSPS) is 10.0. The average molecular weight is 335 g/mol. The summed E-state index contributed by atoms with van der Waals surface area (Å²) in [6.07, 6.45) is -0.0936. The number of ether oxygens (including phenoxy) is 1. The molecule has 116 valence electrons. The number of benzene rings is 1. The molecule has 0 heterocycles. The largest absolute Gasteiger partial charge is 0.492 e. The molecule has 0 radical (unpaired) electrons. The topological polar surface area (TPSA) is 78.9 Å². The highest BCUT2D eigenvalue weighted by atomic mass is 35.5. The van der Waals surface area contributed by atoms with Gasteiger partial charge in [-0.2, -0.15) is 0 Å². The lowest BCUT2D eigenvalue weighted by molar-refractivity contribution is -0.137. The van der Waals surface area contributed by atoms with Gasteiger partial charge < -0.3 is 20.1 Å². The molecular weight excluding hydrogens is 319 g/mol. The fourth-order valence-electron chi connectivity index (χ4n) is 1.39. The number of carboxylic acid groups (broad SMARTS) is 1. The van der Waals surface area contributed by atoms with E-state index in [0.29, 0.717) is 15.8 Å². The standard InChI is InChI=1S/C13H16Cl2N2O4/c1-17(6-4-12(18)19)13(20)16-5-7-21-9-2-3-10(14)11(15)8-9/h2-3,8H,4-7H2,1H3,(H,16,20)(H,18,19). The molecule has 0 aliphatic heterocycles. The molecule has 0 atom stereocenters. The van der Waals surface area contributed by atoms with Gasteiger partial charge in [-0.05, 0) is 12.1 Å². The van der Waals surface area contributed by atoms with Gasteiger partial charge in [0.2, 0.25) is 0 Å². The first-order valence-electron chi connectivity index (χ1n) is 6.18. The summed E-state index contributed by atoms with van der Waals surface area (Å²) in [5, 5.41) is 12.0. The number of aliphatic carboxylic acids is 1. The van der Waals surface area contributed by atoms with Gasteiger partial charge in [0.25, 0.3) is 0 Å². The number of hydrogen-bond acceptors (Lipinski definition) is 3. The molecule has 0 saturated heterocycles. The van der Waals surface area contributed by atoms with E-state index in [9.17, 15) is 9.59 Å². The molecule has 8 heteroatoms. The summed E-state index contributed by atoms with van der Waals surface area (Å²) in [5.74, 6) is -0.393. The maximum atomic E-state index is 11.6. The maximum absolute atomic E-state index is 11.6. The first kappa shape index (κ1) is 17.4. The van der Waals surface area contributed by atoms with E-state index in [1.807, 2.05) is 0 Å². The lowest BCUT2D eigenvalue weighted by Crippen LogP contribution is -2.40. The highest BCUT2D eigenvalue weighted by Gasteiger charge is 2.09. The van der Waals surface area contributed by atoms with Gasteiger partial charge in [-0.25, -0.2) is 4.79 Å². The number of halogens is 2. The molecule has 2 N–H and O–H groups in total. The zero-order valence-electron chi connectivity index (χ0n) is 11.4. The Labute approximate surface area is 132 Å². The molecule has 21 heavy (non-hydrogen) atoms. The molecule has 0 aliphatic rings. The van der Waals surface area contributed by atoms with Crippen LogP contribution in [-0.2, 0) is 4.79 Å². The number of carbonyl (C=O) groups excluding carboxylic acids is 1. The maximum Gasteiger partial charge on any atom is 0.317 e. The Kier molecular flexibility index (Phi) is 7.11. The Bertz CT molecular complexity index is 511. The smallest absolute Gasteiger partial charge is 0.317 e. The van der Waals surface area contributed by atoms with Crippen molar-refractivity contribution in [2.75, 3.05) is 26.7 Å². The molecule has 1 aromatic rings. The van der Waals surface area contributed by atoms with Crippen LogP contribution in [0.5, 0.6) is 5.75 Å². The molecule has 0 bridgehead atoms. The van der Waals surface area contributed by atoms with E-state index in [4.69, 9.17) is 33.0 Å². The predicted octanol–water partition coefficient (Wildman–Crippen LogP) is 2.49. The summed E-state index contributed by atoms with van der Waals surface area (Å²) in [4.78, 5) is 23.3. The van der Waals surface area contributed by atoms with Gasteiger partial charge in [0.05, 0.1) is 23.0 Å². The van der Waals surface area contributed by atoms with E-state index in [-0.39, 0.29) is 32.1 Å². The van der Waals surface area contributed by atoms with Crippen molar-refractivity contribution >= 4 is 35.2 Å². The summed E-state index contributed by atoms with van der Waals surface area (Å²) in [7, 11) is 1.53. The molecule has 0 aliphatic carbocycles. The van der Waals surface area contributed by atoms with E-state index < -0.39 is 5.97 Å². The lowest BCUT2D eigenvalue weighted by atomic mass is 10.3. The third kappa shape index (κ3) is 6.55. The van der Waals surface area contributed by atoms with Gasteiger partial charge in [-0.3, -0.25) is 4.79 Å². The van der Waals surface area contributed by atoms with E-state index in [0.717, 1.165) is 0 Å². The highest BCUT2D eigenvalue weighted by molar-refractivity contribution is 6.42. The number of nitrogens with zero attached hydrogens (tertiary/aromatic N) is 1. The molecule has 0 aromatic heterocycles. The molecule has 0 saturated carbocycles. The van der Waals surface area contributed by atoms with Crippen molar-refractivity contribution in [3.8, 4) is 5.75 Å². The third-order valence-corrected chi connectivity index (χ3v) is 3.28. The first-order chi connectivity index (χ1) is 9.90. The second-order valence-electron chi connectivity index (χ2n) is 4.22. The molecular formula is C13H16Cl2N2O4. The molecule has 1 rings (SSSR count). The summed E-state index contributed by atoms with van der Waals surface area (Å²) in [5.41, 5.74) is 0. The number of hydrogen-bond donors (Lipinski definition) is 2. The van der Waals surface area contributed by atoms with Crippen molar-refractivity contribution in [1.82, 2.24) is 10.2 Å². The quantitative estimate of drug-likeness (QED) is 0.751. The van der Waals surface area contributed by atoms with Crippen LogP contribution in [0.15, 0.2) is 18.2 Å². The van der Waals surface area contributed by atoms with Crippen molar-refractivity contribution < 1.29 is 19.4 Å². The Morgan fingerprint density at radius 1 is 1.33 bits per heavy atom. The second kappa shape index (κ2) is 8.59. The number of carbonyl (C=O) groups is 2. The predicted molar refractivity (Wildman–Crippen MR) is 80.2 cm³/mol. The molecule has 0 unspecified atom stereocenters. The fraction of sp³-hybridized carbons (Fsp3) is 0.385. The third-order valence-electron chi connectivity index (χ3n) is 2.55. The summed E-state index contributed by atoms with van der Waals surface area (Å²) >= 11 is 11.6. The van der Waals surface area contributed by atoms with Crippen molar-refractivity contribution in [2.24, 2.45) is 0 Å². The molecule has 1 aromatic carbocycles. The van der Waals surface area contributed by atoms with Crippen molar-refractivity contribution in [3.63, 3.8) is 0 Å². The van der Waals surface area contributed by atoms with E-state index >= 15 is 0 Å². The average Bonchev–Trinajstić information content (AvgIpc) is 2.44. The highest BCUT2D eigenvalue weighted by Crippen LogP contribution is 2.26. The minimum Gasteiger partial charge on any atom is -0.492 e.